The number of nitrogens with zero attached hydrogens (tertiary/aromatic N) is 1. The van der Waals surface area contributed by atoms with Gasteiger partial charge in [-0.15, -0.1) is 0 Å². The van der Waals surface area contributed by atoms with Crippen molar-refractivity contribution in [1.29, 1.82) is 0 Å². The predicted molar refractivity (Wildman–Crippen MR) is 84.8 cm³/mol. The van der Waals surface area contributed by atoms with Gasteiger partial charge in [0.05, 0.1) is 5.75 Å². The van der Waals surface area contributed by atoms with Crippen molar-refractivity contribution in [3.05, 3.63) is 53.3 Å². The number of hydrogen-bond donors (Lipinski definition) is 1. The topological polar surface area (TPSA) is 55.1 Å². The number of nitrogens with one attached hydrogen (secondary N) is 1. The third-order valence-corrected chi connectivity index (χ3v) is 3.83. The van der Waals surface area contributed by atoms with Crippen molar-refractivity contribution < 1.29 is 13.6 Å². The molecule has 0 aliphatic rings. The molecule has 2 aromatic carbocycles. The Morgan fingerprint density at radius 3 is 3.00 bits per heavy atom. The minimum atomic E-state index is -0.402. The number of anilines is 1. The fourth-order valence-corrected chi connectivity index (χ4v) is 2.63. The van der Waals surface area contributed by atoms with Gasteiger partial charge in [-0.2, -0.15) is 0 Å². The van der Waals surface area contributed by atoms with Crippen molar-refractivity contribution in [3.63, 3.8) is 0 Å². The van der Waals surface area contributed by atoms with Crippen LogP contribution in [0.2, 0.25) is 5.02 Å². The summed E-state index contributed by atoms with van der Waals surface area (Å²) in [4.78, 5) is 16.1. The molecule has 0 saturated heterocycles. The zero-order valence-electron chi connectivity index (χ0n) is 11.2. The van der Waals surface area contributed by atoms with Crippen LogP contribution in [0.4, 0.5) is 10.1 Å². The number of aromatic nitrogens is 1. The van der Waals surface area contributed by atoms with Crippen LogP contribution < -0.4 is 5.32 Å². The average Bonchev–Trinajstić information content (AvgIpc) is 2.87. The summed E-state index contributed by atoms with van der Waals surface area (Å²) in [5.41, 5.74) is 1.66. The molecule has 1 N–H and O–H groups in total. The first-order chi connectivity index (χ1) is 10.6. The highest BCUT2D eigenvalue weighted by Gasteiger charge is 2.10. The van der Waals surface area contributed by atoms with Crippen molar-refractivity contribution in [2.24, 2.45) is 0 Å². The van der Waals surface area contributed by atoms with Crippen molar-refractivity contribution in [3.8, 4) is 0 Å². The van der Waals surface area contributed by atoms with Gasteiger partial charge in [0.15, 0.2) is 5.58 Å². The summed E-state index contributed by atoms with van der Waals surface area (Å²) in [6.07, 6.45) is 0. The maximum atomic E-state index is 13.0. The van der Waals surface area contributed by atoms with E-state index in [1.165, 1.54) is 18.2 Å². The highest BCUT2D eigenvalue weighted by molar-refractivity contribution is 7.99. The van der Waals surface area contributed by atoms with Crippen LogP contribution in [0.15, 0.2) is 52.1 Å². The second-order valence-electron chi connectivity index (χ2n) is 4.44. The van der Waals surface area contributed by atoms with E-state index in [0.29, 0.717) is 27.0 Å². The van der Waals surface area contributed by atoms with Crippen LogP contribution in [-0.4, -0.2) is 16.6 Å². The van der Waals surface area contributed by atoms with E-state index in [1.807, 2.05) is 0 Å². The monoisotopic (exact) mass is 336 g/mol. The fraction of sp³-hybridized carbons (Fsp3) is 0.0667. The van der Waals surface area contributed by atoms with E-state index in [2.05, 4.69) is 10.3 Å². The standard InChI is InChI=1S/C15H10ClFN2O2S/c16-9-4-5-12-13(6-9)21-15(19-12)22-8-14(20)18-11-3-1-2-10(17)7-11/h1-7H,8H2,(H,18,20). The zero-order valence-corrected chi connectivity index (χ0v) is 12.7. The molecule has 0 atom stereocenters. The molecule has 0 radical (unpaired) electrons. The van der Waals surface area contributed by atoms with Crippen LogP contribution in [0.1, 0.15) is 0 Å². The number of fused-ring (bicyclic) bond motifs is 1. The quantitative estimate of drug-likeness (QED) is 0.720. The minimum Gasteiger partial charge on any atom is -0.431 e. The number of hydrogen-bond acceptors (Lipinski definition) is 4. The van der Waals surface area contributed by atoms with E-state index >= 15 is 0 Å². The van der Waals surface area contributed by atoms with E-state index in [1.54, 1.807) is 24.3 Å². The first-order valence-corrected chi connectivity index (χ1v) is 7.71. The zero-order chi connectivity index (χ0) is 15.5. The normalized spacial score (nSPS) is 10.8. The van der Waals surface area contributed by atoms with Crippen LogP contribution in [0.5, 0.6) is 0 Å². The van der Waals surface area contributed by atoms with E-state index in [0.717, 1.165) is 11.8 Å². The number of thioether (sulfide) groups is 1. The average molecular weight is 337 g/mol. The lowest BCUT2D eigenvalue weighted by Gasteiger charge is -2.03. The number of oxazole rings is 1. The van der Waals surface area contributed by atoms with Gasteiger partial charge in [-0.3, -0.25) is 4.79 Å². The molecule has 3 rings (SSSR count). The smallest absolute Gasteiger partial charge is 0.257 e. The van der Waals surface area contributed by atoms with Gasteiger partial charge in [0.2, 0.25) is 5.91 Å². The van der Waals surface area contributed by atoms with Gasteiger partial charge < -0.3 is 9.73 Å². The van der Waals surface area contributed by atoms with E-state index < -0.39 is 5.82 Å². The molecule has 0 fully saturated rings. The molecule has 1 aromatic heterocycles. The van der Waals surface area contributed by atoms with Crippen LogP contribution in [0, 0.1) is 5.82 Å². The van der Waals surface area contributed by atoms with Crippen molar-refractivity contribution in [2.45, 2.75) is 5.22 Å². The van der Waals surface area contributed by atoms with Gasteiger partial charge in [0.25, 0.3) is 5.22 Å². The minimum absolute atomic E-state index is 0.108. The molecule has 112 valence electrons. The summed E-state index contributed by atoms with van der Waals surface area (Å²) in [7, 11) is 0. The van der Waals surface area contributed by atoms with Gasteiger partial charge in [-0.1, -0.05) is 29.4 Å². The lowest BCUT2D eigenvalue weighted by Crippen LogP contribution is -2.14. The molecule has 7 heteroatoms. The molecule has 22 heavy (non-hydrogen) atoms. The number of halogens is 2. The lowest BCUT2D eigenvalue weighted by molar-refractivity contribution is -0.113. The number of amides is 1. The van der Waals surface area contributed by atoms with Crippen LogP contribution in [0.3, 0.4) is 0 Å². The molecule has 1 amide bonds. The van der Waals surface area contributed by atoms with E-state index in [4.69, 9.17) is 16.0 Å². The number of carbonyl (C=O) groups excluding carboxylic acids is 1. The molecule has 0 spiro atoms. The molecule has 0 bridgehead atoms. The highest BCUT2D eigenvalue weighted by atomic mass is 35.5. The van der Waals surface area contributed by atoms with Crippen LogP contribution in [-0.2, 0) is 4.79 Å². The molecule has 3 aromatic rings. The number of benzene rings is 2. The summed E-state index contributed by atoms with van der Waals surface area (Å²) < 4.78 is 18.5. The van der Waals surface area contributed by atoms with Gasteiger partial charge in [0, 0.05) is 16.8 Å². The Bertz CT molecular complexity index is 837. The van der Waals surface area contributed by atoms with Crippen molar-refractivity contribution in [2.75, 3.05) is 11.1 Å². The Kier molecular flexibility index (Phi) is 4.31. The maximum absolute atomic E-state index is 13.0. The fourth-order valence-electron chi connectivity index (χ4n) is 1.83. The molecule has 0 saturated carbocycles. The van der Waals surface area contributed by atoms with Gasteiger partial charge in [-0.25, -0.2) is 9.37 Å². The van der Waals surface area contributed by atoms with E-state index in [9.17, 15) is 9.18 Å². The molecule has 0 unspecified atom stereocenters. The molecular formula is C15H10ClFN2O2S. The van der Waals surface area contributed by atoms with Gasteiger partial charge in [-0.05, 0) is 30.3 Å². The summed E-state index contributed by atoms with van der Waals surface area (Å²) in [6.45, 7) is 0. The van der Waals surface area contributed by atoms with E-state index in [-0.39, 0.29) is 11.7 Å². The second-order valence-corrected chi connectivity index (χ2v) is 5.80. The summed E-state index contributed by atoms with van der Waals surface area (Å²) >= 11 is 7.03. The predicted octanol–water partition coefficient (Wildman–Crippen LogP) is 4.35. The molecular weight excluding hydrogens is 327 g/mol. The van der Waals surface area contributed by atoms with Crippen molar-refractivity contribution >= 4 is 46.1 Å². The third-order valence-electron chi connectivity index (χ3n) is 2.77. The Balaban J connectivity index is 1.62. The first kappa shape index (κ1) is 14.9. The highest BCUT2D eigenvalue weighted by Crippen LogP contribution is 2.25. The maximum Gasteiger partial charge on any atom is 0.257 e. The molecule has 4 nitrogen and oxygen atoms in total. The summed E-state index contributed by atoms with van der Waals surface area (Å²) in [5.74, 6) is -0.561. The lowest BCUT2D eigenvalue weighted by atomic mass is 10.3. The Morgan fingerprint density at radius 2 is 2.18 bits per heavy atom. The molecule has 0 aliphatic carbocycles. The Labute approximate surface area is 134 Å². The largest absolute Gasteiger partial charge is 0.431 e. The van der Waals surface area contributed by atoms with Crippen LogP contribution in [0.25, 0.3) is 11.1 Å². The Morgan fingerprint density at radius 1 is 1.32 bits per heavy atom. The van der Waals surface area contributed by atoms with Crippen molar-refractivity contribution in [1.82, 2.24) is 4.98 Å². The second kappa shape index (κ2) is 6.37. The van der Waals surface area contributed by atoms with Gasteiger partial charge >= 0.3 is 0 Å². The number of rotatable bonds is 4. The molecule has 0 aliphatic heterocycles. The number of carbonyl (C=O) groups is 1. The summed E-state index contributed by atoms with van der Waals surface area (Å²) in [6, 6.07) is 10.9. The molecule has 1 heterocycles. The third kappa shape index (κ3) is 3.58. The Hall–Kier alpha value is -2.05. The SMILES string of the molecule is O=C(CSc1nc2ccc(Cl)cc2o1)Nc1cccc(F)c1. The first-order valence-electron chi connectivity index (χ1n) is 6.34. The van der Waals surface area contributed by atoms with Crippen LogP contribution >= 0.6 is 23.4 Å². The summed E-state index contributed by atoms with van der Waals surface area (Å²) in [5, 5.41) is 3.55. The van der Waals surface area contributed by atoms with Gasteiger partial charge in [0.1, 0.15) is 11.3 Å².